The summed E-state index contributed by atoms with van der Waals surface area (Å²) in [5.41, 5.74) is 2.72. The molecule has 0 radical (unpaired) electrons. The Kier molecular flexibility index (Phi) is 6.45. The molecule has 1 aliphatic heterocycles. The number of amides is 1. The van der Waals surface area contributed by atoms with Crippen molar-refractivity contribution >= 4 is 47.4 Å². The van der Waals surface area contributed by atoms with Gasteiger partial charge in [-0.2, -0.15) is 0 Å². The van der Waals surface area contributed by atoms with Crippen LogP contribution in [0.2, 0.25) is 0 Å². The number of hydrogen-bond acceptors (Lipinski definition) is 3. The van der Waals surface area contributed by atoms with E-state index in [0.29, 0.717) is 0 Å². The van der Waals surface area contributed by atoms with Crippen molar-refractivity contribution in [2.75, 3.05) is 18.4 Å². The van der Waals surface area contributed by atoms with Crippen LogP contribution in [0.5, 0.6) is 0 Å². The topological polar surface area (TPSA) is 69.8 Å². The van der Waals surface area contributed by atoms with E-state index in [1.165, 1.54) is 0 Å². The molecule has 0 bridgehead atoms. The van der Waals surface area contributed by atoms with Crippen LogP contribution in [0.1, 0.15) is 18.7 Å². The largest absolute Gasteiger partial charge is 0.342 e. The summed E-state index contributed by atoms with van der Waals surface area (Å²) in [6.07, 6.45) is 1.83. The highest BCUT2D eigenvalue weighted by Crippen LogP contribution is 2.19. The number of nitrogens with one attached hydrogen (secondary N) is 3. The Morgan fingerprint density at radius 3 is 2.71 bits per heavy atom. The molecule has 1 aromatic carbocycles. The molecule has 0 aliphatic carbocycles. The maximum atomic E-state index is 12.1. The molecule has 21 heavy (non-hydrogen) atoms. The van der Waals surface area contributed by atoms with Gasteiger partial charge in [0.15, 0.2) is 0 Å². The van der Waals surface area contributed by atoms with E-state index in [1.54, 1.807) is 0 Å². The molecule has 2 heterocycles. The number of aryl methyl sites for hydroxylation is 1. The number of hydrogen-bond donors (Lipinski definition) is 3. The number of carbonyl (C=O) groups excluding carboxylic acids is 1. The molecule has 5 nitrogen and oxygen atoms in total. The molecule has 1 saturated heterocycles. The van der Waals surface area contributed by atoms with Crippen molar-refractivity contribution in [3.05, 3.63) is 24.0 Å². The van der Waals surface area contributed by atoms with Gasteiger partial charge in [-0.3, -0.25) is 4.79 Å². The maximum absolute atomic E-state index is 12.1. The number of aromatic nitrogens is 2. The number of H-pyrrole nitrogens is 1. The third-order valence-electron chi connectivity index (χ3n) is 3.58. The second kappa shape index (κ2) is 7.64. The van der Waals surface area contributed by atoms with Crippen molar-refractivity contribution in [1.82, 2.24) is 15.3 Å². The minimum absolute atomic E-state index is 0. The summed E-state index contributed by atoms with van der Waals surface area (Å²) in [6, 6.07) is 5.77. The Labute approximate surface area is 136 Å². The summed E-state index contributed by atoms with van der Waals surface area (Å²) in [5, 5.41) is 6.27. The van der Waals surface area contributed by atoms with Gasteiger partial charge in [0.2, 0.25) is 5.91 Å². The van der Waals surface area contributed by atoms with Gasteiger partial charge in [-0.05, 0) is 51.1 Å². The van der Waals surface area contributed by atoms with Gasteiger partial charge in [0, 0.05) is 11.6 Å². The predicted octanol–water partition coefficient (Wildman–Crippen LogP) is 2.65. The lowest BCUT2D eigenvalue weighted by Gasteiger charge is -2.21. The fourth-order valence-electron chi connectivity index (χ4n) is 2.54. The normalized spacial score (nSPS) is 15.1. The summed E-state index contributed by atoms with van der Waals surface area (Å²) >= 11 is 0. The van der Waals surface area contributed by atoms with Gasteiger partial charge in [-0.1, -0.05) is 0 Å². The van der Waals surface area contributed by atoms with E-state index in [2.05, 4.69) is 20.6 Å². The lowest BCUT2D eigenvalue weighted by molar-refractivity contribution is -0.120. The fraction of sp³-hybridized carbons (Fsp3) is 0.429. The molecule has 2 aromatic rings. The van der Waals surface area contributed by atoms with Gasteiger partial charge >= 0.3 is 0 Å². The number of piperidine rings is 1. The van der Waals surface area contributed by atoms with Gasteiger partial charge in [-0.25, -0.2) is 4.98 Å². The average molecular weight is 331 g/mol. The first-order valence-electron chi connectivity index (χ1n) is 6.70. The van der Waals surface area contributed by atoms with Crippen LogP contribution in [0.15, 0.2) is 18.2 Å². The zero-order chi connectivity index (χ0) is 13.2. The van der Waals surface area contributed by atoms with Crippen LogP contribution in [0.3, 0.4) is 0 Å². The summed E-state index contributed by atoms with van der Waals surface area (Å²) in [4.78, 5) is 19.7. The predicted molar refractivity (Wildman–Crippen MR) is 89.6 cm³/mol. The van der Waals surface area contributed by atoms with Crippen LogP contribution in [-0.4, -0.2) is 29.0 Å². The number of nitrogens with zero attached hydrogens (tertiary/aromatic N) is 1. The molecule has 1 fully saturated rings. The number of halogens is 2. The quantitative estimate of drug-likeness (QED) is 0.792. The zero-order valence-electron chi connectivity index (χ0n) is 11.8. The summed E-state index contributed by atoms with van der Waals surface area (Å²) in [5.74, 6) is 1.13. The highest BCUT2D eigenvalue weighted by atomic mass is 35.5. The smallest absolute Gasteiger partial charge is 0.227 e. The molecular weight excluding hydrogens is 311 g/mol. The van der Waals surface area contributed by atoms with Gasteiger partial charge in [0.25, 0.3) is 0 Å². The molecule has 3 N–H and O–H groups in total. The molecule has 0 saturated carbocycles. The number of imidazole rings is 1. The van der Waals surface area contributed by atoms with E-state index >= 15 is 0 Å². The van der Waals surface area contributed by atoms with Crippen LogP contribution in [0.25, 0.3) is 11.0 Å². The first kappa shape index (κ1) is 17.8. The molecular formula is C14H20Cl2N4O. The van der Waals surface area contributed by atoms with E-state index in [4.69, 9.17) is 0 Å². The molecule has 1 aliphatic rings. The zero-order valence-corrected chi connectivity index (χ0v) is 13.4. The summed E-state index contributed by atoms with van der Waals surface area (Å²) in [7, 11) is 0. The van der Waals surface area contributed by atoms with Crippen LogP contribution in [0, 0.1) is 12.8 Å². The Bertz CT molecular complexity index is 608. The lowest BCUT2D eigenvalue weighted by atomic mass is 9.97. The summed E-state index contributed by atoms with van der Waals surface area (Å²) < 4.78 is 0. The van der Waals surface area contributed by atoms with E-state index < -0.39 is 0 Å². The number of benzene rings is 1. The van der Waals surface area contributed by atoms with Gasteiger partial charge < -0.3 is 15.6 Å². The maximum Gasteiger partial charge on any atom is 0.227 e. The van der Waals surface area contributed by atoms with Crippen LogP contribution in [-0.2, 0) is 4.79 Å². The van der Waals surface area contributed by atoms with Crippen molar-refractivity contribution in [1.29, 1.82) is 0 Å². The Morgan fingerprint density at radius 1 is 1.29 bits per heavy atom. The third-order valence-corrected chi connectivity index (χ3v) is 3.58. The van der Waals surface area contributed by atoms with Crippen molar-refractivity contribution in [2.24, 2.45) is 5.92 Å². The molecule has 0 spiro atoms. The Balaban J connectivity index is 0.00000110. The fourth-order valence-corrected chi connectivity index (χ4v) is 2.54. The van der Waals surface area contributed by atoms with E-state index in [1.807, 2.05) is 25.1 Å². The molecule has 0 unspecified atom stereocenters. The number of fused-ring (bicyclic) bond motifs is 1. The minimum atomic E-state index is 0. The third kappa shape index (κ3) is 4.09. The van der Waals surface area contributed by atoms with Gasteiger partial charge in [0.05, 0.1) is 11.0 Å². The lowest BCUT2D eigenvalue weighted by Crippen LogP contribution is -2.34. The molecule has 1 amide bonds. The monoisotopic (exact) mass is 330 g/mol. The second-order valence-electron chi connectivity index (χ2n) is 5.07. The number of anilines is 1. The number of aromatic amines is 1. The molecule has 7 heteroatoms. The van der Waals surface area contributed by atoms with E-state index in [0.717, 1.165) is 48.5 Å². The van der Waals surface area contributed by atoms with Crippen LogP contribution < -0.4 is 10.6 Å². The van der Waals surface area contributed by atoms with E-state index in [-0.39, 0.29) is 36.6 Å². The van der Waals surface area contributed by atoms with Crippen molar-refractivity contribution in [3.8, 4) is 0 Å². The molecule has 3 rings (SSSR count). The SMILES string of the molecule is Cc1nc2ccc(NC(=O)C3CCNCC3)cc2[nH]1.Cl.Cl. The second-order valence-corrected chi connectivity index (χ2v) is 5.07. The highest BCUT2D eigenvalue weighted by Gasteiger charge is 2.20. The standard InChI is InChI=1S/C14H18N4O.2ClH/c1-9-16-12-3-2-11(8-13(12)17-9)18-14(19)10-4-6-15-7-5-10;;/h2-3,8,10,15H,4-7H2,1H3,(H,16,17)(H,18,19);2*1H. The van der Waals surface area contributed by atoms with Crippen molar-refractivity contribution < 1.29 is 4.79 Å². The molecule has 1 aromatic heterocycles. The molecule has 116 valence electrons. The number of carbonyl (C=O) groups is 1. The highest BCUT2D eigenvalue weighted by molar-refractivity contribution is 5.94. The van der Waals surface area contributed by atoms with Crippen molar-refractivity contribution in [3.63, 3.8) is 0 Å². The Morgan fingerprint density at radius 2 is 2.00 bits per heavy atom. The van der Waals surface area contributed by atoms with Crippen molar-refractivity contribution in [2.45, 2.75) is 19.8 Å². The van der Waals surface area contributed by atoms with Crippen LogP contribution >= 0.6 is 24.8 Å². The number of rotatable bonds is 2. The summed E-state index contributed by atoms with van der Waals surface area (Å²) in [6.45, 7) is 3.78. The van der Waals surface area contributed by atoms with Gasteiger partial charge in [0.1, 0.15) is 5.82 Å². The first-order chi connectivity index (χ1) is 9.22. The van der Waals surface area contributed by atoms with Crippen LogP contribution in [0.4, 0.5) is 5.69 Å². The Hall–Kier alpha value is -1.30. The molecule has 0 atom stereocenters. The minimum Gasteiger partial charge on any atom is -0.342 e. The average Bonchev–Trinajstić information content (AvgIpc) is 2.79. The van der Waals surface area contributed by atoms with Gasteiger partial charge in [-0.15, -0.1) is 24.8 Å². The van der Waals surface area contributed by atoms with E-state index in [9.17, 15) is 4.79 Å². The first-order valence-corrected chi connectivity index (χ1v) is 6.70.